The van der Waals surface area contributed by atoms with Gasteiger partial charge >= 0.3 is 5.97 Å². The van der Waals surface area contributed by atoms with E-state index in [9.17, 15) is 9.90 Å². The van der Waals surface area contributed by atoms with E-state index >= 15 is 0 Å². The number of carboxylic acid groups (broad SMARTS) is 1. The van der Waals surface area contributed by atoms with E-state index < -0.39 is 18.2 Å². The number of carbonyl (C=O) groups is 1. The Morgan fingerprint density at radius 2 is 1.77 bits per heavy atom. The molecule has 0 spiro atoms. The van der Waals surface area contributed by atoms with Crippen molar-refractivity contribution in [1.82, 2.24) is 0 Å². The fourth-order valence-electron chi connectivity index (χ4n) is 2.76. The molecule has 0 aliphatic carbocycles. The van der Waals surface area contributed by atoms with Crippen molar-refractivity contribution < 1.29 is 28.8 Å². The highest BCUT2D eigenvalue weighted by atomic mass is 35.5. The Kier molecular flexibility index (Phi) is 5.42. The van der Waals surface area contributed by atoms with Gasteiger partial charge in [-0.25, -0.2) is 4.79 Å². The third-order valence-corrected chi connectivity index (χ3v) is 4.11. The molecule has 7 heteroatoms. The molecule has 0 amide bonds. The number of para-hydroxylation sites is 2. The quantitative estimate of drug-likeness (QED) is 0.815. The van der Waals surface area contributed by atoms with Gasteiger partial charge in [0, 0.05) is 5.56 Å². The summed E-state index contributed by atoms with van der Waals surface area (Å²) in [4.78, 5) is 11.7. The van der Waals surface area contributed by atoms with Crippen LogP contribution < -0.4 is 18.9 Å². The lowest BCUT2D eigenvalue weighted by molar-refractivity contribution is -0.151. The summed E-state index contributed by atoms with van der Waals surface area (Å²) in [5.74, 6) is 0.580. The van der Waals surface area contributed by atoms with Crippen molar-refractivity contribution in [2.24, 2.45) is 0 Å². The summed E-state index contributed by atoms with van der Waals surface area (Å²) in [6, 6.07) is 10.2. The summed E-state index contributed by atoms with van der Waals surface area (Å²) in [5.41, 5.74) is 0.531. The van der Waals surface area contributed by atoms with E-state index in [0.29, 0.717) is 46.8 Å². The van der Waals surface area contributed by atoms with Gasteiger partial charge in [-0.3, -0.25) is 0 Å². The van der Waals surface area contributed by atoms with Gasteiger partial charge in [-0.2, -0.15) is 0 Å². The van der Waals surface area contributed by atoms with Gasteiger partial charge in [0.2, 0.25) is 6.10 Å². The molecule has 1 N–H and O–H groups in total. The molecule has 1 heterocycles. The zero-order chi connectivity index (χ0) is 18.7. The molecule has 0 aromatic heterocycles. The highest BCUT2D eigenvalue weighted by Crippen LogP contribution is 2.43. The van der Waals surface area contributed by atoms with E-state index in [1.807, 2.05) is 13.8 Å². The molecule has 2 unspecified atom stereocenters. The van der Waals surface area contributed by atoms with Crippen molar-refractivity contribution >= 4 is 17.6 Å². The van der Waals surface area contributed by atoms with Crippen molar-refractivity contribution in [3.63, 3.8) is 0 Å². The topological polar surface area (TPSA) is 74.2 Å². The Morgan fingerprint density at radius 1 is 1.12 bits per heavy atom. The third kappa shape index (κ3) is 3.51. The minimum atomic E-state index is -1.21. The summed E-state index contributed by atoms with van der Waals surface area (Å²) in [6.45, 7) is 4.52. The molecule has 26 heavy (non-hydrogen) atoms. The largest absolute Gasteiger partial charge is 0.490 e. The van der Waals surface area contributed by atoms with Crippen LogP contribution in [0.25, 0.3) is 0 Å². The Labute approximate surface area is 156 Å². The maximum Gasteiger partial charge on any atom is 0.349 e. The first-order valence-corrected chi connectivity index (χ1v) is 8.67. The molecule has 0 bridgehead atoms. The number of rotatable bonds is 6. The first kappa shape index (κ1) is 18.2. The van der Waals surface area contributed by atoms with Crippen molar-refractivity contribution in [1.29, 1.82) is 0 Å². The van der Waals surface area contributed by atoms with Crippen LogP contribution in [-0.2, 0) is 4.79 Å². The number of fused-ring (bicyclic) bond motifs is 1. The van der Waals surface area contributed by atoms with Gasteiger partial charge in [-0.1, -0.05) is 23.7 Å². The highest BCUT2D eigenvalue weighted by Gasteiger charge is 2.39. The molecular weight excluding hydrogens is 360 g/mol. The minimum Gasteiger partial charge on any atom is -0.490 e. The van der Waals surface area contributed by atoms with E-state index in [2.05, 4.69) is 0 Å². The minimum absolute atomic E-state index is 0.319. The molecule has 0 fully saturated rings. The first-order chi connectivity index (χ1) is 12.5. The second-order valence-electron chi connectivity index (χ2n) is 5.56. The average Bonchev–Trinajstić information content (AvgIpc) is 2.63. The predicted molar refractivity (Wildman–Crippen MR) is 95.7 cm³/mol. The van der Waals surface area contributed by atoms with Gasteiger partial charge in [0.05, 0.1) is 18.2 Å². The van der Waals surface area contributed by atoms with Crippen LogP contribution in [0.4, 0.5) is 0 Å². The first-order valence-electron chi connectivity index (χ1n) is 8.29. The molecule has 0 radical (unpaired) electrons. The summed E-state index contributed by atoms with van der Waals surface area (Å²) < 4.78 is 22.7. The van der Waals surface area contributed by atoms with Crippen molar-refractivity contribution in [2.75, 3.05) is 13.2 Å². The second-order valence-corrected chi connectivity index (χ2v) is 5.97. The summed E-state index contributed by atoms with van der Waals surface area (Å²) >= 11 is 6.35. The van der Waals surface area contributed by atoms with Gasteiger partial charge < -0.3 is 24.1 Å². The zero-order valence-electron chi connectivity index (χ0n) is 14.4. The second kappa shape index (κ2) is 7.74. The maximum absolute atomic E-state index is 11.7. The lowest BCUT2D eigenvalue weighted by Gasteiger charge is -2.32. The molecule has 138 valence electrons. The van der Waals surface area contributed by atoms with E-state index in [0.717, 1.165) is 0 Å². The highest BCUT2D eigenvalue weighted by molar-refractivity contribution is 6.32. The molecular formula is C19H19ClO6. The zero-order valence-corrected chi connectivity index (χ0v) is 15.2. The van der Waals surface area contributed by atoms with E-state index in [1.165, 1.54) is 0 Å². The van der Waals surface area contributed by atoms with Gasteiger partial charge in [0.25, 0.3) is 0 Å². The van der Waals surface area contributed by atoms with Crippen LogP contribution in [0.5, 0.6) is 23.0 Å². The maximum atomic E-state index is 11.7. The van der Waals surface area contributed by atoms with Crippen LogP contribution in [0, 0.1) is 0 Å². The SMILES string of the molecule is CCOc1cc(C2Oc3ccccc3OC2C(=O)O)cc(Cl)c1OCC. The molecule has 2 atom stereocenters. The van der Waals surface area contributed by atoms with Crippen molar-refractivity contribution in [2.45, 2.75) is 26.1 Å². The number of benzene rings is 2. The molecule has 2 aromatic rings. The Morgan fingerprint density at radius 3 is 2.38 bits per heavy atom. The smallest absolute Gasteiger partial charge is 0.349 e. The Hall–Kier alpha value is -2.60. The summed E-state index contributed by atoms with van der Waals surface area (Å²) in [6.07, 6.45) is -2.09. The summed E-state index contributed by atoms with van der Waals surface area (Å²) in [5, 5.41) is 9.90. The fraction of sp³-hybridized carbons (Fsp3) is 0.316. The Bertz CT molecular complexity index is 807. The molecule has 2 aromatic carbocycles. The number of hydrogen-bond donors (Lipinski definition) is 1. The van der Waals surface area contributed by atoms with Gasteiger partial charge in [0.1, 0.15) is 0 Å². The normalized spacial score (nSPS) is 18.3. The van der Waals surface area contributed by atoms with Crippen LogP contribution in [-0.4, -0.2) is 30.4 Å². The third-order valence-electron chi connectivity index (χ3n) is 3.82. The number of carboxylic acids is 1. The van der Waals surface area contributed by atoms with Crippen LogP contribution in [0.2, 0.25) is 5.02 Å². The van der Waals surface area contributed by atoms with Crippen LogP contribution in [0.1, 0.15) is 25.5 Å². The van der Waals surface area contributed by atoms with E-state index in [-0.39, 0.29) is 0 Å². The standard InChI is InChI=1S/C19H19ClO6/c1-3-23-15-10-11(9-12(20)17(15)24-4-2)16-18(19(21)22)26-14-8-6-5-7-13(14)25-16/h5-10,16,18H,3-4H2,1-2H3,(H,21,22). The number of halogens is 1. The monoisotopic (exact) mass is 378 g/mol. The van der Waals surface area contributed by atoms with Crippen molar-refractivity contribution in [3.05, 3.63) is 47.0 Å². The van der Waals surface area contributed by atoms with Crippen LogP contribution >= 0.6 is 11.6 Å². The number of aliphatic carboxylic acids is 1. The molecule has 0 saturated heterocycles. The summed E-state index contributed by atoms with van der Waals surface area (Å²) in [7, 11) is 0. The van der Waals surface area contributed by atoms with Gasteiger partial charge in [0.15, 0.2) is 29.1 Å². The molecule has 1 aliphatic rings. The number of hydrogen-bond acceptors (Lipinski definition) is 5. The fourth-order valence-corrected chi connectivity index (χ4v) is 3.04. The van der Waals surface area contributed by atoms with E-state index in [1.54, 1.807) is 36.4 Å². The van der Waals surface area contributed by atoms with Crippen molar-refractivity contribution in [3.8, 4) is 23.0 Å². The molecule has 6 nitrogen and oxygen atoms in total. The van der Waals surface area contributed by atoms with Crippen LogP contribution in [0.15, 0.2) is 36.4 Å². The van der Waals surface area contributed by atoms with E-state index in [4.69, 9.17) is 30.5 Å². The van der Waals surface area contributed by atoms with Gasteiger partial charge in [-0.15, -0.1) is 0 Å². The molecule has 0 saturated carbocycles. The number of ether oxygens (including phenoxy) is 4. The van der Waals surface area contributed by atoms with Gasteiger partial charge in [-0.05, 0) is 38.1 Å². The van der Waals surface area contributed by atoms with Crippen LogP contribution in [0.3, 0.4) is 0 Å². The Balaban J connectivity index is 2.04. The lowest BCUT2D eigenvalue weighted by Crippen LogP contribution is -2.39. The lowest BCUT2D eigenvalue weighted by atomic mass is 10.0. The molecule has 3 rings (SSSR count). The predicted octanol–water partition coefficient (Wildman–Crippen LogP) is 4.10. The molecule has 1 aliphatic heterocycles. The average molecular weight is 379 g/mol.